The van der Waals surface area contributed by atoms with Crippen LogP contribution in [-0.2, 0) is 11.2 Å². The first-order valence-corrected chi connectivity index (χ1v) is 4.96. The molecule has 0 saturated carbocycles. The van der Waals surface area contributed by atoms with Gasteiger partial charge in [0, 0.05) is 6.42 Å². The first-order valence-electron chi connectivity index (χ1n) is 4.96. The molecule has 1 aromatic carbocycles. The summed E-state index contributed by atoms with van der Waals surface area (Å²) >= 11 is 0. The van der Waals surface area contributed by atoms with E-state index >= 15 is 0 Å². The second-order valence-corrected chi connectivity index (χ2v) is 3.40. The van der Waals surface area contributed by atoms with E-state index in [4.69, 9.17) is 5.84 Å². The highest BCUT2D eigenvalue weighted by atomic mass is 19.1. The van der Waals surface area contributed by atoms with Gasteiger partial charge in [-0.15, -0.1) is 0 Å². The summed E-state index contributed by atoms with van der Waals surface area (Å²) in [6.07, 6.45) is 2.83. The number of rotatable bonds is 5. The highest BCUT2D eigenvalue weighted by Crippen LogP contribution is 2.08. The Morgan fingerprint density at radius 3 is 2.87 bits per heavy atom. The van der Waals surface area contributed by atoms with E-state index in [2.05, 4.69) is 5.43 Å². The number of nitrogens with one attached hydrogen (secondary N) is 1. The first-order chi connectivity index (χ1) is 7.22. The molecule has 0 atom stereocenters. The van der Waals surface area contributed by atoms with Crippen molar-refractivity contribution in [2.45, 2.75) is 25.7 Å². The minimum Gasteiger partial charge on any atom is -0.294 e. The number of halogens is 1. The number of hydrogen-bond donors (Lipinski definition) is 2. The number of carbonyl (C=O) groups excluding carboxylic acids is 1. The molecule has 1 aromatic rings. The summed E-state index contributed by atoms with van der Waals surface area (Å²) in [5, 5.41) is 0. The second kappa shape index (κ2) is 6.14. The van der Waals surface area contributed by atoms with Crippen LogP contribution in [0.1, 0.15) is 24.8 Å². The quantitative estimate of drug-likeness (QED) is 0.335. The Bertz CT molecular complexity index is 328. The van der Waals surface area contributed by atoms with Gasteiger partial charge < -0.3 is 0 Å². The molecule has 4 heteroatoms. The summed E-state index contributed by atoms with van der Waals surface area (Å²) in [5.74, 6) is 4.56. The van der Waals surface area contributed by atoms with E-state index < -0.39 is 0 Å². The summed E-state index contributed by atoms with van der Waals surface area (Å²) in [7, 11) is 0. The van der Waals surface area contributed by atoms with E-state index in [9.17, 15) is 9.18 Å². The van der Waals surface area contributed by atoms with Crippen molar-refractivity contribution in [3.8, 4) is 0 Å². The van der Waals surface area contributed by atoms with Crippen LogP contribution in [-0.4, -0.2) is 5.91 Å². The normalized spacial score (nSPS) is 10.0. The zero-order valence-corrected chi connectivity index (χ0v) is 8.50. The largest absolute Gasteiger partial charge is 0.294 e. The molecule has 0 unspecified atom stereocenters. The van der Waals surface area contributed by atoms with Crippen LogP contribution in [0.15, 0.2) is 24.3 Å². The molecule has 1 amide bonds. The summed E-state index contributed by atoms with van der Waals surface area (Å²) in [4.78, 5) is 10.8. The molecule has 0 bridgehead atoms. The fraction of sp³-hybridized carbons (Fsp3) is 0.364. The number of benzene rings is 1. The highest BCUT2D eigenvalue weighted by Gasteiger charge is 1.99. The van der Waals surface area contributed by atoms with Crippen LogP contribution < -0.4 is 11.3 Å². The molecule has 0 spiro atoms. The van der Waals surface area contributed by atoms with Crippen molar-refractivity contribution in [3.63, 3.8) is 0 Å². The average molecular weight is 210 g/mol. The van der Waals surface area contributed by atoms with E-state index in [1.165, 1.54) is 12.1 Å². The smallest absolute Gasteiger partial charge is 0.233 e. The lowest BCUT2D eigenvalue weighted by molar-refractivity contribution is -0.121. The van der Waals surface area contributed by atoms with Gasteiger partial charge in [0.25, 0.3) is 0 Å². The maximum Gasteiger partial charge on any atom is 0.233 e. The van der Waals surface area contributed by atoms with Gasteiger partial charge >= 0.3 is 0 Å². The van der Waals surface area contributed by atoms with Crippen molar-refractivity contribution in [1.82, 2.24) is 5.43 Å². The molecular formula is C11H15FN2O. The Hall–Kier alpha value is -1.42. The molecule has 0 aliphatic rings. The minimum absolute atomic E-state index is 0.158. The molecule has 1 rings (SSSR count). The Labute approximate surface area is 88.4 Å². The van der Waals surface area contributed by atoms with E-state index in [1.807, 2.05) is 6.07 Å². The van der Waals surface area contributed by atoms with Crippen LogP contribution in [0.3, 0.4) is 0 Å². The topological polar surface area (TPSA) is 55.1 Å². The van der Waals surface area contributed by atoms with Crippen molar-refractivity contribution >= 4 is 5.91 Å². The van der Waals surface area contributed by atoms with E-state index in [1.54, 1.807) is 6.07 Å². The van der Waals surface area contributed by atoms with Crippen molar-refractivity contribution in [2.24, 2.45) is 5.84 Å². The lowest BCUT2D eigenvalue weighted by Crippen LogP contribution is -2.29. The summed E-state index contributed by atoms with van der Waals surface area (Å²) in [6, 6.07) is 6.51. The average Bonchev–Trinajstić information content (AvgIpc) is 2.24. The molecule has 0 heterocycles. The first kappa shape index (κ1) is 11.7. The van der Waals surface area contributed by atoms with Gasteiger partial charge in [-0.1, -0.05) is 12.1 Å². The number of amides is 1. The molecule has 15 heavy (non-hydrogen) atoms. The van der Waals surface area contributed by atoms with Crippen molar-refractivity contribution in [3.05, 3.63) is 35.6 Å². The van der Waals surface area contributed by atoms with Gasteiger partial charge in [0.05, 0.1) is 0 Å². The number of unbranched alkanes of at least 4 members (excludes halogenated alkanes) is 1. The van der Waals surface area contributed by atoms with Crippen LogP contribution >= 0.6 is 0 Å². The van der Waals surface area contributed by atoms with Crippen molar-refractivity contribution < 1.29 is 9.18 Å². The minimum atomic E-state index is -0.216. The van der Waals surface area contributed by atoms with Crippen LogP contribution in [0.2, 0.25) is 0 Å². The Kier molecular flexibility index (Phi) is 4.77. The molecule has 0 radical (unpaired) electrons. The molecule has 3 nitrogen and oxygen atoms in total. The molecule has 0 fully saturated rings. The number of hydrazine groups is 1. The van der Waals surface area contributed by atoms with Gasteiger partial charge in [-0.05, 0) is 37.0 Å². The van der Waals surface area contributed by atoms with Crippen LogP contribution in [0.25, 0.3) is 0 Å². The lowest BCUT2D eigenvalue weighted by Gasteiger charge is -2.01. The standard InChI is InChI=1S/C11H15FN2O/c12-10-6-3-5-9(8-10)4-1-2-7-11(15)14-13/h3,5-6,8H,1-2,4,7,13H2,(H,14,15). The molecule has 0 aliphatic heterocycles. The Balaban J connectivity index is 2.23. The second-order valence-electron chi connectivity index (χ2n) is 3.40. The van der Waals surface area contributed by atoms with Gasteiger partial charge in [-0.3, -0.25) is 10.2 Å². The number of nitrogens with two attached hydrogens (primary N) is 1. The summed E-state index contributed by atoms with van der Waals surface area (Å²) in [5.41, 5.74) is 3.04. The summed E-state index contributed by atoms with van der Waals surface area (Å²) in [6.45, 7) is 0. The number of aryl methyl sites for hydroxylation is 1. The van der Waals surface area contributed by atoms with E-state index in [-0.39, 0.29) is 11.7 Å². The molecule has 0 aromatic heterocycles. The highest BCUT2D eigenvalue weighted by molar-refractivity contribution is 5.75. The molecule has 3 N–H and O–H groups in total. The predicted octanol–water partition coefficient (Wildman–Crippen LogP) is 1.53. The third-order valence-corrected chi connectivity index (χ3v) is 2.17. The van der Waals surface area contributed by atoms with Gasteiger partial charge in [0.1, 0.15) is 5.82 Å². The number of carbonyl (C=O) groups is 1. The lowest BCUT2D eigenvalue weighted by atomic mass is 10.1. The van der Waals surface area contributed by atoms with Gasteiger partial charge in [-0.25, -0.2) is 10.2 Å². The third kappa shape index (κ3) is 4.56. The maximum atomic E-state index is 12.8. The Morgan fingerprint density at radius 1 is 1.40 bits per heavy atom. The molecular weight excluding hydrogens is 195 g/mol. The summed E-state index contributed by atoms with van der Waals surface area (Å²) < 4.78 is 12.8. The van der Waals surface area contributed by atoms with Gasteiger partial charge in [0.15, 0.2) is 0 Å². The van der Waals surface area contributed by atoms with E-state index in [0.717, 1.165) is 24.8 Å². The van der Waals surface area contributed by atoms with Crippen molar-refractivity contribution in [2.75, 3.05) is 0 Å². The molecule has 0 saturated heterocycles. The fourth-order valence-corrected chi connectivity index (χ4v) is 1.38. The molecule has 0 aliphatic carbocycles. The van der Waals surface area contributed by atoms with E-state index in [0.29, 0.717) is 6.42 Å². The fourth-order valence-electron chi connectivity index (χ4n) is 1.38. The van der Waals surface area contributed by atoms with Crippen LogP contribution in [0.5, 0.6) is 0 Å². The zero-order chi connectivity index (χ0) is 11.1. The van der Waals surface area contributed by atoms with Crippen molar-refractivity contribution in [1.29, 1.82) is 0 Å². The number of hydrogen-bond acceptors (Lipinski definition) is 2. The molecule has 82 valence electrons. The maximum absolute atomic E-state index is 12.8. The predicted molar refractivity (Wildman–Crippen MR) is 56.3 cm³/mol. The zero-order valence-electron chi connectivity index (χ0n) is 8.50. The van der Waals surface area contributed by atoms with Gasteiger partial charge in [-0.2, -0.15) is 0 Å². The van der Waals surface area contributed by atoms with Crippen LogP contribution in [0.4, 0.5) is 4.39 Å². The Morgan fingerprint density at radius 2 is 2.20 bits per heavy atom. The monoisotopic (exact) mass is 210 g/mol. The SMILES string of the molecule is NNC(=O)CCCCc1cccc(F)c1. The van der Waals surface area contributed by atoms with Gasteiger partial charge in [0.2, 0.25) is 5.91 Å². The third-order valence-electron chi connectivity index (χ3n) is 2.17. The van der Waals surface area contributed by atoms with Crippen LogP contribution in [0, 0.1) is 5.82 Å².